The molecule has 0 radical (unpaired) electrons. The summed E-state index contributed by atoms with van der Waals surface area (Å²) in [5.41, 5.74) is 0.806. The largest absolute Gasteiger partial charge is 0.492 e. The summed E-state index contributed by atoms with van der Waals surface area (Å²) in [6.07, 6.45) is -0.815. The average Bonchev–Trinajstić information content (AvgIpc) is 2.74. The number of H-pyrrole nitrogens is 1. The van der Waals surface area contributed by atoms with E-state index in [1.165, 1.54) is 6.92 Å². The second kappa shape index (κ2) is 9.69. The number of hydrogen-bond acceptors (Lipinski definition) is 6. The minimum absolute atomic E-state index is 0.0194. The molecule has 3 aromatic rings. The molecule has 0 fully saturated rings. The maximum atomic E-state index is 12.4. The fourth-order valence-corrected chi connectivity index (χ4v) is 2.87. The molecule has 1 aromatic heterocycles. The van der Waals surface area contributed by atoms with Crippen LogP contribution in [-0.4, -0.2) is 34.6 Å². The predicted octanol–water partition coefficient (Wildman–Crippen LogP) is 2.82. The SMILES string of the molecule is CCOc1ccccc1NC(=O)[C@@H](C)OC(=O)CCc1nc2ccccc2c(=O)[nH]1. The summed E-state index contributed by atoms with van der Waals surface area (Å²) in [6, 6.07) is 14.0. The molecule has 3 rings (SSSR count). The van der Waals surface area contributed by atoms with Gasteiger partial charge in [0.15, 0.2) is 6.10 Å². The molecule has 8 heteroatoms. The van der Waals surface area contributed by atoms with Crippen molar-refractivity contribution in [1.29, 1.82) is 0 Å². The number of aromatic nitrogens is 2. The van der Waals surface area contributed by atoms with Gasteiger partial charge < -0.3 is 19.8 Å². The van der Waals surface area contributed by atoms with E-state index in [4.69, 9.17) is 9.47 Å². The molecule has 0 spiro atoms. The van der Waals surface area contributed by atoms with E-state index in [2.05, 4.69) is 15.3 Å². The number of nitrogens with one attached hydrogen (secondary N) is 2. The molecular weight excluding hydrogens is 386 g/mol. The van der Waals surface area contributed by atoms with Gasteiger partial charge in [-0.15, -0.1) is 0 Å². The van der Waals surface area contributed by atoms with Crippen LogP contribution in [0.25, 0.3) is 10.9 Å². The van der Waals surface area contributed by atoms with E-state index in [1.807, 2.05) is 6.92 Å². The summed E-state index contributed by atoms with van der Waals surface area (Å²) in [5, 5.41) is 3.19. The Morgan fingerprint density at radius 3 is 2.67 bits per heavy atom. The first-order chi connectivity index (χ1) is 14.5. The zero-order chi connectivity index (χ0) is 21.5. The molecule has 1 amide bonds. The van der Waals surface area contributed by atoms with Gasteiger partial charge in [-0.25, -0.2) is 4.98 Å². The number of nitrogens with zero attached hydrogens (tertiary/aromatic N) is 1. The normalized spacial score (nSPS) is 11.7. The van der Waals surface area contributed by atoms with Crippen LogP contribution in [0, 0.1) is 0 Å². The van der Waals surface area contributed by atoms with Gasteiger partial charge in [0.2, 0.25) is 0 Å². The molecular formula is C22H23N3O5. The number of ether oxygens (including phenoxy) is 2. The number of benzene rings is 2. The number of para-hydroxylation sites is 3. The lowest BCUT2D eigenvalue weighted by Gasteiger charge is -2.15. The third-order valence-corrected chi connectivity index (χ3v) is 4.35. The fraction of sp³-hybridized carbons (Fsp3) is 0.273. The lowest BCUT2D eigenvalue weighted by molar-refractivity contribution is -0.153. The Bertz CT molecular complexity index is 1110. The van der Waals surface area contributed by atoms with Crippen molar-refractivity contribution in [3.63, 3.8) is 0 Å². The lowest BCUT2D eigenvalue weighted by atomic mass is 10.2. The number of hydrogen-bond donors (Lipinski definition) is 2. The zero-order valence-electron chi connectivity index (χ0n) is 16.8. The van der Waals surface area contributed by atoms with E-state index in [1.54, 1.807) is 48.5 Å². The van der Waals surface area contributed by atoms with Crippen LogP contribution in [0.5, 0.6) is 5.75 Å². The summed E-state index contributed by atoms with van der Waals surface area (Å²) in [7, 11) is 0. The van der Waals surface area contributed by atoms with Gasteiger partial charge in [-0.2, -0.15) is 0 Å². The maximum absolute atomic E-state index is 12.4. The number of esters is 1. The molecule has 0 bridgehead atoms. The van der Waals surface area contributed by atoms with Crippen LogP contribution in [0.2, 0.25) is 0 Å². The number of fused-ring (bicyclic) bond motifs is 1. The molecule has 8 nitrogen and oxygen atoms in total. The highest BCUT2D eigenvalue weighted by Gasteiger charge is 2.19. The summed E-state index contributed by atoms with van der Waals surface area (Å²) in [6.45, 7) is 3.80. The van der Waals surface area contributed by atoms with Gasteiger partial charge in [-0.1, -0.05) is 24.3 Å². The van der Waals surface area contributed by atoms with E-state index < -0.39 is 18.0 Å². The van der Waals surface area contributed by atoms with Gasteiger partial charge in [0.05, 0.1) is 29.6 Å². The van der Waals surface area contributed by atoms with Gasteiger partial charge in [-0.3, -0.25) is 14.4 Å². The number of anilines is 1. The first-order valence-corrected chi connectivity index (χ1v) is 9.68. The fourth-order valence-electron chi connectivity index (χ4n) is 2.87. The van der Waals surface area contributed by atoms with Crippen LogP contribution in [0.15, 0.2) is 53.3 Å². The number of rotatable bonds is 8. The third-order valence-electron chi connectivity index (χ3n) is 4.35. The van der Waals surface area contributed by atoms with Crippen molar-refractivity contribution in [3.05, 3.63) is 64.7 Å². The molecule has 2 aromatic carbocycles. The highest BCUT2D eigenvalue weighted by molar-refractivity contribution is 5.96. The van der Waals surface area contributed by atoms with Gasteiger partial charge in [0.25, 0.3) is 11.5 Å². The first kappa shape index (κ1) is 21.0. The van der Waals surface area contributed by atoms with Gasteiger partial charge in [-0.05, 0) is 38.1 Å². The van der Waals surface area contributed by atoms with Crippen molar-refractivity contribution < 1.29 is 19.1 Å². The average molecular weight is 409 g/mol. The Morgan fingerprint density at radius 1 is 1.13 bits per heavy atom. The summed E-state index contributed by atoms with van der Waals surface area (Å²) < 4.78 is 10.7. The molecule has 30 heavy (non-hydrogen) atoms. The Kier molecular flexibility index (Phi) is 6.79. The van der Waals surface area contributed by atoms with E-state index >= 15 is 0 Å². The van der Waals surface area contributed by atoms with Crippen LogP contribution >= 0.6 is 0 Å². The van der Waals surface area contributed by atoms with E-state index in [0.717, 1.165) is 0 Å². The number of carbonyl (C=O) groups excluding carboxylic acids is 2. The quantitative estimate of drug-likeness (QED) is 0.554. The molecule has 2 N–H and O–H groups in total. The molecule has 0 aliphatic rings. The number of aryl methyl sites for hydroxylation is 1. The molecule has 0 aliphatic heterocycles. The minimum atomic E-state index is -0.990. The van der Waals surface area contributed by atoms with Crippen LogP contribution in [0.3, 0.4) is 0 Å². The Labute approximate surface area is 173 Å². The van der Waals surface area contributed by atoms with E-state index in [-0.39, 0.29) is 18.4 Å². The molecule has 156 valence electrons. The van der Waals surface area contributed by atoms with Crippen molar-refractivity contribution in [2.24, 2.45) is 0 Å². The van der Waals surface area contributed by atoms with Crippen molar-refractivity contribution in [2.45, 2.75) is 32.8 Å². The third kappa shape index (κ3) is 5.22. The monoisotopic (exact) mass is 409 g/mol. The van der Waals surface area contributed by atoms with Crippen LogP contribution in [-0.2, 0) is 20.7 Å². The van der Waals surface area contributed by atoms with Crippen molar-refractivity contribution in [1.82, 2.24) is 9.97 Å². The Morgan fingerprint density at radius 2 is 1.87 bits per heavy atom. The summed E-state index contributed by atoms with van der Waals surface area (Å²) >= 11 is 0. The van der Waals surface area contributed by atoms with Gasteiger partial charge >= 0.3 is 5.97 Å². The second-order valence-corrected chi connectivity index (χ2v) is 6.58. The van der Waals surface area contributed by atoms with Crippen LogP contribution in [0.4, 0.5) is 5.69 Å². The molecule has 0 saturated carbocycles. The molecule has 1 heterocycles. The maximum Gasteiger partial charge on any atom is 0.307 e. The van der Waals surface area contributed by atoms with E-state index in [0.29, 0.717) is 34.8 Å². The highest BCUT2D eigenvalue weighted by atomic mass is 16.5. The summed E-state index contributed by atoms with van der Waals surface area (Å²) in [4.78, 5) is 43.6. The van der Waals surface area contributed by atoms with Crippen molar-refractivity contribution in [3.8, 4) is 5.75 Å². The topological polar surface area (TPSA) is 110 Å². The van der Waals surface area contributed by atoms with Crippen LogP contribution in [0.1, 0.15) is 26.1 Å². The van der Waals surface area contributed by atoms with E-state index in [9.17, 15) is 14.4 Å². The van der Waals surface area contributed by atoms with Crippen molar-refractivity contribution in [2.75, 3.05) is 11.9 Å². The zero-order valence-corrected chi connectivity index (χ0v) is 16.8. The van der Waals surface area contributed by atoms with Gasteiger partial charge in [0, 0.05) is 6.42 Å². The Hall–Kier alpha value is -3.68. The minimum Gasteiger partial charge on any atom is -0.492 e. The Balaban J connectivity index is 1.56. The van der Waals surface area contributed by atoms with Gasteiger partial charge in [0.1, 0.15) is 11.6 Å². The smallest absolute Gasteiger partial charge is 0.307 e. The molecule has 0 unspecified atom stereocenters. The number of carbonyl (C=O) groups is 2. The molecule has 0 aliphatic carbocycles. The summed E-state index contributed by atoms with van der Waals surface area (Å²) in [5.74, 6) is -0.101. The molecule has 1 atom stereocenters. The van der Waals surface area contributed by atoms with Crippen LogP contribution < -0.4 is 15.6 Å². The second-order valence-electron chi connectivity index (χ2n) is 6.58. The number of amides is 1. The number of aromatic amines is 1. The molecule has 0 saturated heterocycles. The first-order valence-electron chi connectivity index (χ1n) is 9.68. The lowest BCUT2D eigenvalue weighted by Crippen LogP contribution is -2.30. The highest BCUT2D eigenvalue weighted by Crippen LogP contribution is 2.24. The van der Waals surface area contributed by atoms with Crippen molar-refractivity contribution >= 4 is 28.5 Å². The standard InChI is InChI=1S/C22H23N3O5/c1-3-29-18-11-7-6-10-17(18)24-21(27)14(2)30-20(26)13-12-19-23-16-9-5-4-8-15(16)22(28)25-19/h4-11,14H,3,12-13H2,1-2H3,(H,24,27)(H,23,25,28)/t14-/m1/s1. The predicted molar refractivity (Wildman–Crippen MR) is 112 cm³/mol.